The van der Waals surface area contributed by atoms with Crippen molar-refractivity contribution in [3.8, 4) is 0 Å². The van der Waals surface area contributed by atoms with Crippen molar-refractivity contribution in [1.82, 2.24) is 9.29 Å². The van der Waals surface area contributed by atoms with Crippen LogP contribution in [0.4, 0.5) is 0 Å². The molecule has 2 aliphatic rings. The number of pyridine rings is 1. The molecule has 0 aromatic carbocycles. The van der Waals surface area contributed by atoms with Gasteiger partial charge in [-0.25, -0.2) is 8.42 Å². The van der Waals surface area contributed by atoms with Crippen LogP contribution < -0.4 is 0 Å². The Kier molecular flexibility index (Phi) is 3.32. The van der Waals surface area contributed by atoms with E-state index in [9.17, 15) is 13.5 Å². The van der Waals surface area contributed by atoms with Crippen LogP contribution in [0.15, 0.2) is 24.5 Å². The molecule has 1 aliphatic carbocycles. The number of sulfonamides is 1. The minimum atomic E-state index is -3.21. The molecular weight excluding hydrogens is 264 g/mol. The summed E-state index contributed by atoms with van der Waals surface area (Å²) in [5.74, 6) is 0. The lowest BCUT2D eigenvalue weighted by Crippen LogP contribution is -2.42. The van der Waals surface area contributed by atoms with E-state index < -0.39 is 16.1 Å². The predicted molar refractivity (Wildman–Crippen MR) is 71.0 cm³/mol. The van der Waals surface area contributed by atoms with E-state index in [0.29, 0.717) is 19.4 Å². The number of aromatic nitrogens is 1. The summed E-state index contributed by atoms with van der Waals surface area (Å²) in [7, 11) is -3.21. The van der Waals surface area contributed by atoms with Crippen LogP contribution in [-0.4, -0.2) is 46.8 Å². The molecule has 0 radical (unpaired) electrons. The Morgan fingerprint density at radius 1 is 1.26 bits per heavy atom. The second-order valence-electron chi connectivity index (χ2n) is 5.34. The van der Waals surface area contributed by atoms with Gasteiger partial charge in [0.1, 0.15) is 0 Å². The summed E-state index contributed by atoms with van der Waals surface area (Å²) in [5.41, 5.74) is 1.01. The predicted octanol–water partition coefficient (Wildman–Crippen LogP) is 0.551. The molecule has 1 saturated carbocycles. The van der Waals surface area contributed by atoms with Gasteiger partial charge in [0, 0.05) is 18.9 Å². The van der Waals surface area contributed by atoms with E-state index >= 15 is 0 Å². The number of aliphatic hydroxyl groups is 1. The molecule has 2 heterocycles. The van der Waals surface area contributed by atoms with Gasteiger partial charge < -0.3 is 5.11 Å². The van der Waals surface area contributed by atoms with Crippen molar-refractivity contribution in [2.45, 2.75) is 43.1 Å². The summed E-state index contributed by atoms with van der Waals surface area (Å²) < 4.78 is 26.2. The van der Waals surface area contributed by atoms with Crippen LogP contribution in [0, 0.1) is 0 Å². The molecule has 0 amide bonds. The van der Waals surface area contributed by atoms with Crippen LogP contribution >= 0.6 is 0 Å². The van der Waals surface area contributed by atoms with E-state index in [1.165, 1.54) is 4.31 Å². The molecule has 3 rings (SSSR count). The van der Waals surface area contributed by atoms with Crippen molar-refractivity contribution in [1.29, 1.82) is 0 Å². The first kappa shape index (κ1) is 13.0. The summed E-state index contributed by atoms with van der Waals surface area (Å²) in [6.07, 6.45) is 5.42. The molecule has 19 heavy (non-hydrogen) atoms. The minimum absolute atomic E-state index is 0.210. The zero-order valence-corrected chi connectivity index (χ0v) is 11.5. The fourth-order valence-electron chi connectivity index (χ4n) is 2.68. The highest BCUT2D eigenvalue weighted by molar-refractivity contribution is 7.90. The Labute approximate surface area is 113 Å². The summed E-state index contributed by atoms with van der Waals surface area (Å²) in [4.78, 5) is 3.95. The van der Waals surface area contributed by atoms with Crippen molar-refractivity contribution in [3.63, 3.8) is 0 Å². The van der Waals surface area contributed by atoms with Crippen LogP contribution in [0.1, 0.15) is 24.8 Å². The van der Waals surface area contributed by atoms with Gasteiger partial charge in [-0.3, -0.25) is 4.98 Å². The van der Waals surface area contributed by atoms with Gasteiger partial charge in [-0.1, -0.05) is 0 Å². The first-order chi connectivity index (χ1) is 9.09. The minimum Gasteiger partial charge on any atom is -0.391 e. The van der Waals surface area contributed by atoms with E-state index in [1.54, 1.807) is 12.4 Å². The van der Waals surface area contributed by atoms with E-state index in [1.807, 2.05) is 12.1 Å². The normalized spacial score (nSPS) is 28.7. The van der Waals surface area contributed by atoms with Gasteiger partial charge in [0.15, 0.2) is 0 Å². The first-order valence-electron chi connectivity index (χ1n) is 6.66. The third kappa shape index (κ3) is 2.52. The standard InChI is InChI=1S/C13H18N2O3S/c16-13-5-8-15(19(17,18)11-1-2-11)12(13)9-10-3-6-14-7-4-10/h3-4,6-7,11-13,16H,1-2,5,8-9H2/t12-,13+/m0/s1. The molecule has 5 nitrogen and oxygen atoms in total. The van der Waals surface area contributed by atoms with Crippen molar-refractivity contribution >= 4 is 10.0 Å². The van der Waals surface area contributed by atoms with Crippen LogP contribution in [0.3, 0.4) is 0 Å². The van der Waals surface area contributed by atoms with Crippen molar-refractivity contribution in [3.05, 3.63) is 30.1 Å². The summed E-state index contributed by atoms with van der Waals surface area (Å²) in [6, 6.07) is 3.41. The highest BCUT2D eigenvalue weighted by atomic mass is 32.2. The Morgan fingerprint density at radius 3 is 2.58 bits per heavy atom. The maximum atomic E-state index is 12.3. The van der Waals surface area contributed by atoms with Crippen molar-refractivity contribution < 1.29 is 13.5 Å². The largest absolute Gasteiger partial charge is 0.391 e. The maximum absolute atomic E-state index is 12.3. The summed E-state index contributed by atoms with van der Waals surface area (Å²) in [5, 5.41) is 9.85. The van der Waals surface area contributed by atoms with Gasteiger partial charge in [0.2, 0.25) is 10.0 Å². The molecular formula is C13H18N2O3S. The molecule has 104 valence electrons. The zero-order valence-electron chi connectivity index (χ0n) is 10.6. The molecule has 0 unspecified atom stereocenters. The van der Waals surface area contributed by atoms with Crippen LogP contribution in [0.5, 0.6) is 0 Å². The Morgan fingerprint density at radius 2 is 1.95 bits per heavy atom. The summed E-state index contributed by atoms with van der Waals surface area (Å²) in [6.45, 7) is 0.440. The van der Waals surface area contributed by atoms with E-state index in [4.69, 9.17) is 0 Å². The van der Waals surface area contributed by atoms with Crippen LogP contribution in [0.2, 0.25) is 0 Å². The molecule has 6 heteroatoms. The lowest BCUT2D eigenvalue weighted by Gasteiger charge is -2.25. The smallest absolute Gasteiger partial charge is 0.217 e. The first-order valence-corrected chi connectivity index (χ1v) is 8.17. The molecule has 1 saturated heterocycles. The lowest BCUT2D eigenvalue weighted by molar-refractivity contribution is 0.142. The number of nitrogens with zero attached hydrogens (tertiary/aromatic N) is 2. The van der Waals surface area contributed by atoms with E-state index in [0.717, 1.165) is 18.4 Å². The van der Waals surface area contributed by atoms with Gasteiger partial charge in [0.25, 0.3) is 0 Å². The van der Waals surface area contributed by atoms with Gasteiger partial charge in [-0.2, -0.15) is 4.31 Å². The molecule has 1 aliphatic heterocycles. The van der Waals surface area contributed by atoms with Crippen molar-refractivity contribution in [2.75, 3.05) is 6.54 Å². The molecule has 0 bridgehead atoms. The lowest BCUT2D eigenvalue weighted by atomic mass is 10.0. The number of aliphatic hydroxyl groups excluding tert-OH is 1. The second kappa shape index (κ2) is 4.85. The monoisotopic (exact) mass is 282 g/mol. The average Bonchev–Trinajstić information content (AvgIpc) is 3.18. The molecule has 1 aromatic rings. The average molecular weight is 282 g/mol. The van der Waals surface area contributed by atoms with Crippen molar-refractivity contribution in [2.24, 2.45) is 0 Å². The SMILES string of the molecule is O=S(=O)(C1CC1)N1CC[C@@H](O)[C@@H]1Cc1ccncc1. The van der Waals surface area contributed by atoms with Gasteiger partial charge >= 0.3 is 0 Å². The molecule has 2 atom stereocenters. The quantitative estimate of drug-likeness (QED) is 0.875. The third-order valence-corrected chi connectivity index (χ3v) is 6.35. The Bertz CT molecular complexity index is 542. The van der Waals surface area contributed by atoms with Crippen LogP contribution in [0.25, 0.3) is 0 Å². The van der Waals surface area contributed by atoms with E-state index in [2.05, 4.69) is 4.98 Å². The van der Waals surface area contributed by atoms with Crippen LogP contribution in [-0.2, 0) is 16.4 Å². The van der Waals surface area contributed by atoms with Gasteiger partial charge in [-0.15, -0.1) is 0 Å². The number of rotatable bonds is 4. The fourth-order valence-corrected chi connectivity index (χ4v) is 4.75. The Hall–Kier alpha value is -0.980. The molecule has 2 fully saturated rings. The van der Waals surface area contributed by atoms with Gasteiger partial charge in [-0.05, 0) is 43.4 Å². The van der Waals surface area contributed by atoms with E-state index in [-0.39, 0.29) is 11.3 Å². The molecule has 1 N–H and O–H groups in total. The fraction of sp³-hybridized carbons (Fsp3) is 0.615. The topological polar surface area (TPSA) is 70.5 Å². The molecule has 1 aromatic heterocycles. The Balaban J connectivity index is 1.81. The highest BCUT2D eigenvalue weighted by Crippen LogP contribution is 2.35. The maximum Gasteiger partial charge on any atom is 0.217 e. The number of hydrogen-bond acceptors (Lipinski definition) is 4. The van der Waals surface area contributed by atoms with Gasteiger partial charge in [0.05, 0.1) is 17.4 Å². The summed E-state index contributed by atoms with van der Waals surface area (Å²) >= 11 is 0. The zero-order chi connectivity index (χ0) is 13.5. The highest BCUT2D eigenvalue weighted by Gasteiger charge is 2.47. The second-order valence-corrected chi connectivity index (χ2v) is 7.50. The molecule has 0 spiro atoms. The number of hydrogen-bond donors (Lipinski definition) is 1. The third-order valence-electron chi connectivity index (χ3n) is 3.93.